The lowest BCUT2D eigenvalue weighted by atomic mass is 10.2. The summed E-state index contributed by atoms with van der Waals surface area (Å²) in [6.45, 7) is 0. The first-order chi connectivity index (χ1) is 9.87. The van der Waals surface area contributed by atoms with Crippen LogP contribution < -0.4 is 5.32 Å². The van der Waals surface area contributed by atoms with Crippen molar-refractivity contribution >= 4 is 33.4 Å². The minimum atomic E-state index is -5.79. The van der Waals surface area contributed by atoms with Crippen LogP contribution in [0.1, 0.15) is 10.4 Å². The first kappa shape index (κ1) is 17.4. The van der Waals surface area contributed by atoms with Gasteiger partial charge in [-0.15, -0.1) is 0 Å². The van der Waals surface area contributed by atoms with Crippen LogP contribution in [-0.2, 0) is 19.4 Å². The van der Waals surface area contributed by atoms with E-state index >= 15 is 0 Å². The maximum absolute atomic E-state index is 12.4. The Bertz CT molecular complexity index is 754. The van der Waals surface area contributed by atoms with E-state index < -0.39 is 49.3 Å². The number of rotatable bonds is 3. The number of alkyl halides is 3. The number of hydrogen-bond donors (Lipinski definition) is 3. The maximum atomic E-state index is 12.4. The Kier molecular flexibility index (Phi) is 4.46. The summed E-state index contributed by atoms with van der Waals surface area (Å²) in [6, 6.07) is 1.09. The fourth-order valence-electron chi connectivity index (χ4n) is 1.29. The van der Waals surface area contributed by atoms with Crippen LogP contribution in [0.3, 0.4) is 0 Å². The Morgan fingerprint density at radius 3 is 2.05 bits per heavy atom. The van der Waals surface area contributed by atoms with E-state index in [9.17, 15) is 36.0 Å². The molecule has 0 radical (unpaired) electrons. The molecular formula is C10H6F3NO7S. The third-order valence-electron chi connectivity index (χ3n) is 2.28. The van der Waals surface area contributed by atoms with E-state index in [4.69, 9.17) is 10.2 Å². The van der Waals surface area contributed by atoms with Gasteiger partial charge in [-0.25, -0.2) is 18.0 Å². The summed E-state index contributed by atoms with van der Waals surface area (Å²) in [5, 5.41) is 18.7. The minimum absolute atomic E-state index is 0.215. The summed E-state index contributed by atoms with van der Waals surface area (Å²) in [4.78, 5) is 30.9. The Labute approximate surface area is 120 Å². The lowest BCUT2D eigenvalue weighted by Crippen LogP contribution is -2.25. The number of aliphatic carboxylic acids is 1. The van der Waals surface area contributed by atoms with E-state index in [1.165, 1.54) is 5.32 Å². The highest BCUT2D eigenvalue weighted by atomic mass is 32.2. The van der Waals surface area contributed by atoms with Gasteiger partial charge >= 0.3 is 23.4 Å². The molecule has 0 aliphatic heterocycles. The predicted molar refractivity (Wildman–Crippen MR) is 62.9 cm³/mol. The smallest absolute Gasteiger partial charge is 0.478 e. The second-order valence-corrected chi connectivity index (χ2v) is 5.66. The fourth-order valence-corrected chi connectivity index (χ4v) is 2.08. The van der Waals surface area contributed by atoms with Crippen LogP contribution >= 0.6 is 0 Å². The molecule has 0 spiro atoms. The van der Waals surface area contributed by atoms with Gasteiger partial charge in [0, 0.05) is 0 Å². The molecule has 12 heteroatoms. The number of carbonyl (C=O) groups excluding carboxylic acids is 1. The van der Waals surface area contributed by atoms with Crippen molar-refractivity contribution in [3.05, 3.63) is 23.8 Å². The summed E-state index contributed by atoms with van der Waals surface area (Å²) in [5.74, 6) is -5.50. The molecule has 0 atom stereocenters. The fraction of sp³-hybridized carbons (Fsp3) is 0.100. The zero-order chi connectivity index (χ0) is 17.3. The number of sulfone groups is 1. The maximum Gasteiger partial charge on any atom is 0.501 e. The number of carboxylic acid groups (broad SMARTS) is 2. The van der Waals surface area contributed by atoms with Crippen molar-refractivity contribution in [3.8, 4) is 0 Å². The molecule has 0 bridgehead atoms. The van der Waals surface area contributed by atoms with E-state index in [-0.39, 0.29) is 6.07 Å². The summed E-state index contributed by atoms with van der Waals surface area (Å²) in [7, 11) is -5.79. The number of anilines is 1. The molecule has 8 nitrogen and oxygen atoms in total. The highest BCUT2D eigenvalue weighted by Gasteiger charge is 2.47. The molecule has 1 aromatic carbocycles. The number of amides is 1. The van der Waals surface area contributed by atoms with Crippen LogP contribution in [0.4, 0.5) is 18.9 Å². The average molecular weight is 341 g/mol. The zero-order valence-electron chi connectivity index (χ0n) is 10.2. The van der Waals surface area contributed by atoms with Crippen LogP contribution in [0.15, 0.2) is 23.1 Å². The second-order valence-electron chi connectivity index (χ2n) is 3.72. The number of benzene rings is 1. The Balaban J connectivity index is 3.47. The Morgan fingerprint density at radius 2 is 1.64 bits per heavy atom. The first-order valence-electron chi connectivity index (χ1n) is 5.11. The van der Waals surface area contributed by atoms with Gasteiger partial charge in [0.2, 0.25) is 0 Å². The highest BCUT2D eigenvalue weighted by Crippen LogP contribution is 2.32. The SMILES string of the molecule is O=C(O)C(=O)Nc1cc(S(=O)(=O)C(F)(F)F)ccc1C(=O)O. The highest BCUT2D eigenvalue weighted by molar-refractivity contribution is 7.92. The summed E-state index contributed by atoms with van der Waals surface area (Å²) in [5.41, 5.74) is -7.33. The van der Waals surface area contributed by atoms with Gasteiger partial charge in [0.15, 0.2) is 0 Å². The molecule has 0 aliphatic rings. The molecule has 0 saturated heterocycles. The summed E-state index contributed by atoms with van der Waals surface area (Å²) < 4.78 is 59.7. The van der Waals surface area contributed by atoms with Crippen molar-refractivity contribution in [3.63, 3.8) is 0 Å². The molecule has 1 rings (SSSR count). The third-order valence-corrected chi connectivity index (χ3v) is 3.76. The quantitative estimate of drug-likeness (QED) is 0.688. The molecule has 0 heterocycles. The van der Waals surface area contributed by atoms with Gasteiger partial charge in [-0.1, -0.05) is 0 Å². The van der Waals surface area contributed by atoms with Crippen LogP contribution in [0.5, 0.6) is 0 Å². The predicted octanol–water partition coefficient (Wildman–Crippen LogP) is 0.701. The van der Waals surface area contributed by atoms with Gasteiger partial charge in [-0.3, -0.25) is 4.79 Å². The molecule has 22 heavy (non-hydrogen) atoms. The number of hydrogen-bond acceptors (Lipinski definition) is 5. The topological polar surface area (TPSA) is 138 Å². The zero-order valence-corrected chi connectivity index (χ0v) is 11.0. The van der Waals surface area contributed by atoms with Gasteiger partial charge in [-0.2, -0.15) is 13.2 Å². The van der Waals surface area contributed by atoms with Gasteiger partial charge in [0.1, 0.15) is 0 Å². The number of carboxylic acids is 2. The monoisotopic (exact) mass is 341 g/mol. The lowest BCUT2D eigenvalue weighted by Gasteiger charge is -2.11. The Morgan fingerprint density at radius 1 is 1.09 bits per heavy atom. The normalized spacial score (nSPS) is 11.8. The first-order valence-corrected chi connectivity index (χ1v) is 6.59. The minimum Gasteiger partial charge on any atom is -0.478 e. The molecule has 0 unspecified atom stereocenters. The van der Waals surface area contributed by atoms with E-state index in [0.29, 0.717) is 12.1 Å². The molecule has 0 saturated carbocycles. The van der Waals surface area contributed by atoms with Gasteiger partial charge in [-0.05, 0) is 18.2 Å². The van der Waals surface area contributed by atoms with Crippen molar-refractivity contribution < 1.29 is 46.2 Å². The van der Waals surface area contributed by atoms with Crippen LogP contribution in [0.25, 0.3) is 0 Å². The van der Waals surface area contributed by atoms with Crippen molar-refractivity contribution in [2.24, 2.45) is 0 Å². The van der Waals surface area contributed by atoms with Crippen LogP contribution in [-0.4, -0.2) is 42.0 Å². The van der Waals surface area contributed by atoms with Gasteiger partial charge < -0.3 is 15.5 Å². The van der Waals surface area contributed by atoms with Crippen LogP contribution in [0.2, 0.25) is 0 Å². The molecule has 1 amide bonds. The Hall–Kier alpha value is -2.63. The number of halogens is 3. The molecular weight excluding hydrogens is 335 g/mol. The number of aromatic carboxylic acids is 1. The van der Waals surface area contributed by atoms with E-state index in [2.05, 4.69) is 0 Å². The standard InChI is InChI=1S/C10H6F3NO7S/c11-10(12,13)22(20,21)4-1-2-5(8(16)17)6(3-4)14-7(15)9(18)19/h1-3H,(H,14,15)(H,16,17)(H,18,19). The molecule has 0 aliphatic carbocycles. The van der Waals surface area contributed by atoms with E-state index in [0.717, 1.165) is 0 Å². The molecule has 3 N–H and O–H groups in total. The van der Waals surface area contributed by atoms with Crippen molar-refractivity contribution in [2.45, 2.75) is 10.4 Å². The van der Waals surface area contributed by atoms with Crippen molar-refractivity contribution in [2.75, 3.05) is 5.32 Å². The third kappa shape index (κ3) is 3.33. The summed E-state index contributed by atoms with van der Waals surface area (Å²) in [6.07, 6.45) is 0. The molecule has 0 aromatic heterocycles. The van der Waals surface area contributed by atoms with Gasteiger partial charge in [0.05, 0.1) is 16.1 Å². The van der Waals surface area contributed by atoms with E-state index in [1.54, 1.807) is 0 Å². The molecule has 120 valence electrons. The number of carbonyl (C=O) groups is 3. The number of nitrogens with one attached hydrogen (secondary N) is 1. The van der Waals surface area contributed by atoms with Crippen molar-refractivity contribution in [1.82, 2.24) is 0 Å². The molecule has 0 fully saturated rings. The lowest BCUT2D eigenvalue weighted by molar-refractivity contribution is -0.147. The summed E-state index contributed by atoms with van der Waals surface area (Å²) >= 11 is 0. The largest absolute Gasteiger partial charge is 0.501 e. The van der Waals surface area contributed by atoms with Gasteiger partial charge in [0.25, 0.3) is 9.84 Å². The second kappa shape index (κ2) is 5.63. The van der Waals surface area contributed by atoms with Crippen LogP contribution in [0, 0.1) is 0 Å². The van der Waals surface area contributed by atoms with Crippen molar-refractivity contribution in [1.29, 1.82) is 0 Å². The van der Waals surface area contributed by atoms with E-state index in [1.807, 2.05) is 0 Å². The average Bonchev–Trinajstić information content (AvgIpc) is 2.36. The molecule has 1 aromatic rings.